The summed E-state index contributed by atoms with van der Waals surface area (Å²) in [6.45, 7) is 2.90. The molecule has 1 atom stereocenters. The predicted molar refractivity (Wildman–Crippen MR) is 65.1 cm³/mol. The molecule has 0 bridgehead atoms. The molecular weight excluding hydrogens is 198 g/mol. The van der Waals surface area contributed by atoms with Crippen molar-refractivity contribution in [3.8, 4) is 0 Å². The van der Waals surface area contributed by atoms with E-state index < -0.39 is 0 Å². The lowest BCUT2D eigenvalue weighted by Crippen LogP contribution is -2.38. The van der Waals surface area contributed by atoms with Gasteiger partial charge in [-0.15, -0.1) is 0 Å². The molecule has 1 aromatic rings. The Kier molecular flexibility index (Phi) is 3.40. The fourth-order valence-electron chi connectivity index (χ4n) is 2.19. The first-order valence-corrected chi connectivity index (χ1v) is 5.70. The standard InChI is InChI=1S/C14H17NO/c1-12-7-8-15(11-16)14(9-12)10-13-5-3-2-4-6-13/h2-7,11,14H,8-10H2,1H3. The summed E-state index contributed by atoms with van der Waals surface area (Å²) in [6, 6.07) is 10.7. The summed E-state index contributed by atoms with van der Waals surface area (Å²) in [5.41, 5.74) is 2.69. The second-order valence-corrected chi connectivity index (χ2v) is 4.40. The second-order valence-electron chi connectivity index (χ2n) is 4.40. The number of carbonyl (C=O) groups is 1. The number of amides is 1. The zero-order valence-corrected chi connectivity index (χ0v) is 9.60. The number of hydrogen-bond donors (Lipinski definition) is 0. The molecule has 1 heterocycles. The maximum Gasteiger partial charge on any atom is 0.210 e. The molecule has 0 saturated heterocycles. The van der Waals surface area contributed by atoms with Gasteiger partial charge in [-0.3, -0.25) is 4.79 Å². The van der Waals surface area contributed by atoms with E-state index in [9.17, 15) is 4.79 Å². The minimum absolute atomic E-state index is 0.324. The smallest absolute Gasteiger partial charge is 0.210 e. The van der Waals surface area contributed by atoms with Crippen LogP contribution < -0.4 is 0 Å². The molecule has 1 aromatic carbocycles. The first-order valence-electron chi connectivity index (χ1n) is 5.70. The Morgan fingerprint density at radius 3 is 2.81 bits per heavy atom. The highest BCUT2D eigenvalue weighted by Gasteiger charge is 2.20. The Hall–Kier alpha value is -1.57. The Labute approximate surface area is 96.6 Å². The summed E-state index contributed by atoms with van der Waals surface area (Å²) in [4.78, 5) is 12.9. The molecule has 2 nitrogen and oxygen atoms in total. The van der Waals surface area contributed by atoms with E-state index in [-0.39, 0.29) is 0 Å². The van der Waals surface area contributed by atoms with Crippen LogP contribution in [0.3, 0.4) is 0 Å². The largest absolute Gasteiger partial charge is 0.338 e. The van der Waals surface area contributed by atoms with E-state index in [0.29, 0.717) is 6.04 Å². The predicted octanol–water partition coefficient (Wildman–Crippen LogP) is 2.41. The van der Waals surface area contributed by atoms with Gasteiger partial charge in [0.15, 0.2) is 0 Å². The highest BCUT2D eigenvalue weighted by Crippen LogP contribution is 2.19. The van der Waals surface area contributed by atoms with Crippen LogP contribution in [0.5, 0.6) is 0 Å². The summed E-state index contributed by atoms with van der Waals surface area (Å²) in [7, 11) is 0. The van der Waals surface area contributed by atoms with Gasteiger partial charge >= 0.3 is 0 Å². The zero-order valence-electron chi connectivity index (χ0n) is 9.60. The Bertz CT molecular complexity index is 383. The van der Waals surface area contributed by atoms with Gasteiger partial charge < -0.3 is 4.90 Å². The van der Waals surface area contributed by atoms with Gasteiger partial charge in [0.1, 0.15) is 0 Å². The third kappa shape index (κ3) is 2.51. The summed E-state index contributed by atoms with van der Waals surface area (Å²) in [5, 5.41) is 0. The van der Waals surface area contributed by atoms with Crippen LogP contribution in [0.25, 0.3) is 0 Å². The lowest BCUT2D eigenvalue weighted by Gasteiger charge is -2.31. The molecule has 1 amide bonds. The SMILES string of the molecule is CC1=CCN(C=O)C(Cc2ccccc2)C1. The molecule has 16 heavy (non-hydrogen) atoms. The van der Waals surface area contributed by atoms with Gasteiger partial charge in [-0.1, -0.05) is 42.0 Å². The van der Waals surface area contributed by atoms with Crippen LogP contribution in [0.1, 0.15) is 18.9 Å². The molecule has 2 rings (SSSR count). The minimum Gasteiger partial charge on any atom is -0.338 e. The summed E-state index contributed by atoms with van der Waals surface area (Å²) < 4.78 is 0. The van der Waals surface area contributed by atoms with E-state index in [1.54, 1.807) is 0 Å². The quantitative estimate of drug-likeness (QED) is 0.560. The molecule has 2 heteroatoms. The number of carbonyl (C=O) groups excluding carboxylic acids is 1. The van der Waals surface area contributed by atoms with Crippen molar-refractivity contribution in [2.45, 2.75) is 25.8 Å². The lowest BCUT2D eigenvalue weighted by atomic mass is 9.95. The fraction of sp³-hybridized carbons (Fsp3) is 0.357. The molecule has 84 valence electrons. The number of hydrogen-bond acceptors (Lipinski definition) is 1. The topological polar surface area (TPSA) is 20.3 Å². The van der Waals surface area contributed by atoms with Crippen LogP contribution in [-0.4, -0.2) is 23.9 Å². The molecule has 1 unspecified atom stereocenters. The van der Waals surface area contributed by atoms with Crippen LogP contribution in [0, 0.1) is 0 Å². The van der Waals surface area contributed by atoms with Gasteiger partial charge in [-0.2, -0.15) is 0 Å². The van der Waals surface area contributed by atoms with Crippen molar-refractivity contribution in [1.82, 2.24) is 4.90 Å². The molecule has 1 aliphatic rings. The maximum atomic E-state index is 11.0. The molecule has 0 radical (unpaired) electrons. The maximum absolute atomic E-state index is 11.0. The normalized spacial score (nSPS) is 20.4. The van der Waals surface area contributed by atoms with Crippen molar-refractivity contribution in [2.75, 3.05) is 6.54 Å². The second kappa shape index (κ2) is 4.97. The summed E-state index contributed by atoms with van der Waals surface area (Å²) in [5.74, 6) is 0. The Morgan fingerprint density at radius 2 is 2.12 bits per heavy atom. The van der Waals surface area contributed by atoms with Crippen molar-refractivity contribution in [2.24, 2.45) is 0 Å². The molecular formula is C14H17NO. The molecule has 0 N–H and O–H groups in total. The highest BCUT2D eigenvalue weighted by atomic mass is 16.1. The Balaban J connectivity index is 2.08. The molecule has 1 aliphatic heterocycles. The van der Waals surface area contributed by atoms with Crippen LogP contribution in [-0.2, 0) is 11.2 Å². The van der Waals surface area contributed by atoms with E-state index in [1.807, 2.05) is 23.1 Å². The van der Waals surface area contributed by atoms with Crippen molar-refractivity contribution in [3.63, 3.8) is 0 Å². The van der Waals surface area contributed by atoms with Gasteiger partial charge in [0, 0.05) is 12.6 Å². The molecule has 0 aliphatic carbocycles. The van der Waals surface area contributed by atoms with E-state index in [4.69, 9.17) is 0 Å². The minimum atomic E-state index is 0.324. The number of benzene rings is 1. The van der Waals surface area contributed by atoms with Crippen LogP contribution >= 0.6 is 0 Å². The summed E-state index contributed by atoms with van der Waals surface area (Å²) >= 11 is 0. The van der Waals surface area contributed by atoms with Crippen molar-refractivity contribution in [1.29, 1.82) is 0 Å². The van der Waals surface area contributed by atoms with Crippen molar-refractivity contribution in [3.05, 3.63) is 47.5 Å². The van der Waals surface area contributed by atoms with Gasteiger partial charge in [-0.25, -0.2) is 0 Å². The highest BCUT2D eigenvalue weighted by molar-refractivity contribution is 5.49. The van der Waals surface area contributed by atoms with E-state index in [2.05, 4.69) is 25.1 Å². The molecule has 0 saturated carbocycles. The first kappa shape index (κ1) is 10.9. The monoisotopic (exact) mass is 215 g/mol. The van der Waals surface area contributed by atoms with Crippen molar-refractivity contribution < 1.29 is 4.79 Å². The van der Waals surface area contributed by atoms with Crippen molar-refractivity contribution >= 4 is 6.41 Å². The zero-order chi connectivity index (χ0) is 11.4. The summed E-state index contributed by atoms with van der Waals surface area (Å²) in [6.07, 6.45) is 5.05. The number of nitrogens with zero attached hydrogens (tertiary/aromatic N) is 1. The third-order valence-electron chi connectivity index (χ3n) is 3.13. The van der Waals surface area contributed by atoms with Gasteiger partial charge in [0.05, 0.1) is 0 Å². The average Bonchev–Trinajstić information content (AvgIpc) is 2.31. The molecule has 0 fully saturated rings. The fourth-order valence-corrected chi connectivity index (χ4v) is 2.19. The van der Waals surface area contributed by atoms with Gasteiger partial charge in [0.25, 0.3) is 0 Å². The van der Waals surface area contributed by atoms with Crippen LogP contribution in [0.4, 0.5) is 0 Å². The van der Waals surface area contributed by atoms with Crippen LogP contribution in [0.2, 0.25) is 0 Å². The number of rotatable bonds is 3. The van der Waals surface area contributed by atoms with E-state index in [0.717, 1.165) is 25.8 Å². The van der Waals surface area contributed by atoms with E-state index in [1.165, 1.54) is 11.1 Å². The van der Waals surface area contributed by atoms with Gasteiger partial charge in [-0.05, 0) is 25.3 Å². The molecule has 0 aromatic heterocycles. The van der Waals surface area contributed by atoms with Gasteiger partial charge in [0.2, 0.25) is 6.41 Å². The first-order chi connectivity index (χ1) is 7.79. The lowest BCUT2D eigenvalue weighted by molar-refractivity contribution is -0.119. The van der Waals surface area contributed by atoms with E-state index >= 15 is 0 Å². The average molecular weight is 215 g/mol. The molecule has 0 spiro atoms. The Morgan fingerprint density at radius 1 is 1.38 bits per heavy atom. The van der Waals surface area contributed by atoms with Crippen LogP contribution in [0.15, 0.2) is 42.0 Å². The third-order valence-corrected chi connectivity index (χ3v) is 3.13.